The Labute approximate surface area is 179 Å². The first-order chi connectivity index (χ1) is 15.3. The van der Waals surface area contributed by atoms with Gasteiger partial charge in [-0.3, -0.25) is 4.98 Å². The molecule has 5 aromatic rings. The van der Waals surface area contributed by atoms with Gasteiger partial charge in [0.1, 0.15) is 24.3 Å². The number of benzene rings is 2. The summed E-state index contributed by atoms with van der Waals surface area (Å²) in [5.41, 5.74) is 3.84. The number of pyridine rings is 1. The van der Waals surface area contributed by atoms with Crippen LogP contribution < -0.4 is 4.74 Å². The molecule has 0 aliphatic heterocycles. The Morgan fingerprint density at radius 1 is 1.03 bits per heavy atom. The van der Waals surface area contributed by atoms with Crippen LogP contribution in [0.15, 0.2) is 90.2 Å². The minimum absolute atomic E-state index is 0.326. The highest BCUT2D eigenvalue weighted by Crippen LogP contribution is 2.21. The summed E-state index contributed by atoms with van der Waals surface area (Å²) >= 11 is 0. The monoisotopic (exact) mass is 408 g/mol. The average Bonchev–Trinajstić information content (AvgIpc) is 3.49. The molecule has 0 saturated heterocycles. The van der Waals surface area contributed by atoms with E-state index in [1.54, 1.807) is 18.8 Å². The van der Waals surface area contributed by atoms with Gasteiger partial charge in [-0.2, -0.15) is 0 Å². The molecule has 0 unspecified atom stereocenters. The van der Waals surface area contributed by atoms with Crippen molar-refractivity contribution < 1.29 is 9.15 Å². The van der Waals surface area contributed by atoms with Crippen LogP contribution in [0, 0.1) is 0 Å². The van der Waals surface area contributed by atoms with E-state index in [9.17, 15) is 0 Å². The van der Waals surface area contributed by atoms with Crippen LogP contribution in [0.3, 0.4) is 0 Å². The van der Waals surface area contributed by atoms with E-state index in [2.05, 4.69) is 21.0 Å². The van der Waals surface area contributed by atoms with Gasteiger partial charge < -0.3 is 13.7 Å². The van der Waals surface area contributed by atoms with Crippen molar-refractivity contribution in [1.82, 2.24) is 19.5 Å². The predicted octanol–water partition coefficient (Wildman–Crippen LogP) is 5.22. The number of ether oxygens (including phenoxy) is 1. The van der Waals surface area contributed by atoms with Gasteiger partial charge in [-0.05, 0) is 35.4 Å². The van der Waals surface area contributed by atoms with E-state index in [0.717, 1.165) is 40.0 Å². The van der Waals surface area contributed by atoms with Gasteiger partial charge in [0.05, 0.1) is 18.4 Å². The second-order valence-electron chi connectivity index (χ2n) is 7.14. The summed E-state index contributed by atoms with van der Waals surface area (Å²) in [7, 11) is 0. The van der Waals surface area contributed by atoms with Crippen LogP contribution >= 0.6 is 0 Å². The number of nitrogens with zero attached hydrogens (tertiary/aromatic N) is 4. The summed E-state index contributed by atoms with van der Waals surface area (Å²) in [6, 6.07) is 18.1. The standard InChI is InChI=1S/C25H20N4O2/c1-2-4-19(5-3-1)6-9-25-28-22(17-31-25)16-30-23-8-7-21-12-20(14-27-24(21)13-23)15-29-11-10-26-18-29/h1-14,17-18H,15-16H2/b9-6+. The molecule has 0 fully saturated rings. The third-order valence-corrected chi connectivity index (χ3v) is 4.81. The molecule has 0 bridgehead atoms. The van der Waals surface area contributed by atoms with Crippen LogP contribution in [0.1, 0.15) is 22.7 Å². The van der Waals surface area contributed by atoms with E-state index in [-0.39, 0.29) is 0 Å². The molecule has 5 rings (SSSR count). The molecule has 3 heterocycles. The number of rotatable bonds is 7. The van der Waals surface area contributed by atoms with Gasteiger partial charge in [0.2, 0.25) is 5.89 Å². The molecule has 152 valence electrons. The first kappa shape index (κ1) is 18.8. The summed E-state index contributed by atoms with van der Waals surface area (Å²) < 4.78 is 13.4. The highest BCUT2D eigenvalue weighted by atomic mass is 16.5. The SMILES string of the molecule is C(=C\c1nc(COc2ccc3cc(Cn4ccnc4)cnc3c2)co1)/c1ccccc1. The lowest BCUT2D eigenvalue weighted by Crippen LogP contribution is -1.98. The first-order valence-electron chi connectivity index (χ1n) is 9.97. The largest absolute Gasteiger partial charge is 0.487 e. The van der Waals surface area contributed by atoms with Crippen LogP contribution in [0.25, 0.3) is 23.1 Å². The van der Waals surface area contributed by atoms with Crippen molar-refractivity contribution in [2.75, 3.05) is 0 Å². The number of fused-ring (bicyclic) bond motifs is 1. The average molecular weight is 408 g/mol. The lowest BCUT2D eigenvalue weighted by Gasteiger charge is -2.07. The zero-order valence-corrected chi connectivity index (χ0v) is 16.8. The molecule has 0 atom stereocenters. The maximum absolute atomic E-state index is 5.89. The molecule has 3 aromatic heterocycles. The molecule has 31 heavy (non-hydrogen) atoms. The third kappa shape index (κ3) is 4.70. The maximum Gasteiger partial charge on any atom is 0.218 e. The van der Waals surface area contributed by atoms with Gasteiger partial charge in [0.25, 0.3) is 0 Å². The number of imidazole rings is 1. The topological polar surface area (TPSA) is 66.0 Å². The first-order valence-corrected chi connectivity index (χ1v) is 9.97. The number of oxazole rings is 1. The molecule has 0 radical (unpaired) electrons. The van der Waals surface area contributed by atoms with E-state index in [4.69, 9.17) is 9.15 Å². The van der Waals surface area contributed by atoms with Crippen LogP contribution in [0.5, 0.6) is 5.75 Å². The molecule has 0 N–H and O–H groups in total. The van der Waals surface area contributed by atoms with Gasteiger partial charge in [-0.15, -0.1) is 0 Å². The maximum atomic E-state index is 5.89. The van der Waals surface area contributed by atoms with Gasteiger partial charge in [0.15, 0.2) is 0 Å². The van der Waals surface area contributed by atoms with Gasteiger partial charge in [0, 0.05) is 36.1 Å². The number of hydrogen-bond acceptors (Lipinski definition) is 5. The van der Waals surface area contributed by atoms with Crippen molar-refractivity contribution in [2.24, 2.45) is 0 Å². The Morgan fingerprint density at radius 2 is 1.97 bits per heavy atom. The summed E-state index contributed by atoms with van der Waals surface area (Å²) in [5.74, 6) is 1.29. The molecule has 0 spiro atoms. The zero-order chi connectivity index (χ0) is 20.9. The molecule has 0 aliphatic carbocycles. The number of aromatic nitrogens is 4. The van der Waals surface area contributed by atoms with Gasteiger partial charge in [-0.1, -0.05) is 30.3 Å². The summed E-state index contributed by atoms with van der Waals surface area (Å²) in [5, 5.41) is 1.07. The summed E-state index contributed by atoms with van der Waals surface area (Å²) in [6.07, 6.45) is 12.8. The Hall–Kier alpha value is -4.19. The highest BCUT2D eigenvalue weighted by molar-refractivity contribution is 5.80. The molecular weight excluding hydrogens is 388 g/mol. The molecule has 2 aromatic carbocycles. The van der Waals surface area contributed by atoms with E-state index in [0.29, 0.717) is 12.5 Å². The highest BCUT2D eigenvalue weighted by Gasteiger charge is 2.05. The lowest BCUT2D eigenvalue weighted by atomic mass is 10.1. The smallest absolute Gasteiger partial charge is 0.218 e. The lowest BCUT2D eigenvalue weighted by molar-refractivity contribution is 0.301. The van der Waals surface area contributed by atoms with Crippen molar-refractivity contribution in [3.63, 3.8) is 0 Å². The van der Waals surface area contributed by atoms with Crippen LogP contribution in [0.2, 0.25) is 0 Å². The second-order valence-corrected chi connectivity index (χ2v) is 7.14. The molecular formula is C25H20N4O2. The minimum atomic E-state index is 0.326. The fourth-order valence-corrected chi connectivity index (χ4v) is 3.27. The summed E-state index contributed by atoms with van der Waals surface area (Å²) in [4.78, 5) is 13.1. The zero-order valence-electron chi connectivity index (χ0n) is 16.8. The predicted molar refractivity (Wildman–Crippen MR) is 119 cm³/mol. The fourth-order valence-electron chi connectivity index (χ4n) is 3.27. The van der Waals surface area contributed by atoms with Crippen molar-refractivity contribution in [1.29, 1.82) is 0 Å². The van der Waals surface area contributed by atoms with E-state index in [1.165, 1.54) is 0 Å². The van der Waals surface area contributed by atoms with Crippen molar-refractivity contribution in [2.45, 2.75) is 13.2 Å². The van der Waals surface area contributed by atoms with Gasteiger partial charge in [-0.25, -0.2) is 9.97 Å². The second kappa shape index (κ2) is 8.67. The molecule has 6 nitrogen and oxygen atoms in total. The van der Waals surface area contributed by atoms with Crippen LogP contribution in [0.4, 0.5) is 0 Å². The molecule has 0 aliphatic rings. The van der Waals surface area contributed by atoms with Crippen molar-refractivity contribution in [3.05, 3.63) is 108 Å². The Balaban J connectivity index is 1.22. The van der Waals surface area contributed by atoms with E-state index < -0.39 is 0 Å². The van der Waals surface area contributed by atoms with Crippen LogP contribution in [-0.2, 0) is 13.2 Å². The Morgan fingerprint density at radius 3 is 2.84 bits per heavy atom. The van der Waals surface area contributed by atoms with E-state index >= 15 is 0 Å². The van der Waals surface area contributed by atoms with Crippen molar-refractivity contribution >= 4 is 23.1 Å². The Kier molecular flexibility index (Phi) is 5.26. The minimum Gasteiger partial charge on any atom is -0.487 e. The number of hydrogen-bond donors (Lipinski definition) is 0. The van der Waals surface area contributed by atoms with Gasteiger partial charge >= 0.3 is 0 Å². The molecule has 0 saturated carbocycles. The van der Waals surface area contributed by atoms with E-state index in [1.807, 2.05) is 77.6 Å². The van der Waals surface area contributed by atoms with Crippen LogP contribution in [-0.4, -0.2) is 19.5 Å². The fraction of sp³-hybridized carbons (Fsp3) is 0.0800. The Bertz CT molecular complexity index is 1310. The molecule has 6 heteroatoms. The quantitative estimate of drug-likeness (QED) is 0.369. The molecule has 0 amide bonds. The van der Waals surface area contributed by atoms with Crippen molar-refractivity contribution in [3.8, 4) is 5.75 Å². The summed E-state index contributed by atoms with van der Waals surface area (Å²) in [6.45, 7) is 1.07. The normalized spacial score (nSPS) is 11.4. The third-order valence-electron chi connectivity index (χ3n) is 4.81.